The Morgan fingerprint density at radius 1 is 1.19 bits per heavy atom. The van der Waals surface area contributed by atoms with Gasteiger partial charge in [0.05, 0.1) is 5.56 Å². The van der Waals surface area contributed by atoms with Crippen LogP contribution < -0.4 is 11.1 Å². The second kappa shape index (κ2) is 8.22. The molecule has 0 atom stereocenters. The molecule has 142 valence electrons. The number of piperidine rings is 1. The number of likely N-dealkylation sites (tertiary alicyclic amines) is 1. The van der Waals surface area contributed by atoms with Gasteiger partial charge in [-0.1, -0.05) is 24.3 Å². The topological polar surface area (TPSA) is 95.7 Å². The highest BCUT2D eigenvalue weighted by Gasteiger charge is 2.25. The summed E-state index contributed by atoms with van der Waals surface area (Å²) in [5.41, 5.74) is 8.17. The molecule has 0 radical (unpaired) electrons. The van der Waals surface area contributed by atoms with Gasteiger partial charge in [0.1, 0.15) is 5.75 Å². The van der Waals surface area contributed by atoms with Gasteiger partial charge in [-0.25, -0.2) is 0 Å². The Balaban J connectivity index is 1.67. The molecular formula is C21H25N3O3. The summed E-state index contributed by atoms with van der Waals surface area (Å²) in [4.78, 5) is 25.9. The van der Waals surface area contributed by atoms with E-state index in [9.17, 15) is 14.7 Å². The minimum Gasteiger partial charge on any atom is -0.507 e. The number of nitrogens with two attached hydrogens (primary N) is 1. The van der Waals surface area contributed by atoms with E-state index in [-0.39, 0.29) is 17.2 Å². The van der Waals surface area contributed by atoms with Crippen molar-refractivity contribution in [1.82, 2.24) is 10.2 Å². The highest BCUT2D eigenvalue weighted by molar-refractivity contribution is 6.00. The Hall–Kier alpha value is -2.86. The van der Waals surface area contributed by atoms with Crippen LogP contribution in [-0.4, -0.2) is 42.0 Å². The van der Waals surface area contributed by atoms with Crippen molar-refractivity contribution in [3.8, 4) is 5.75 Å². The van der Waals surface area contributed by atoms with E-state index in [1.54, 1.807) is 4.90 Å². The molecule has 0 aromatic heterocycles. The Labute approximate surface area is 159 Å². The molecule has 1 fully saturated rings. The first-order valence-corrected chi connectivity index (χ1v) is 9.15. The number of amides is 2. The molecule has 1 heterocycles. The average Bonchev–Trinajstić information content (AvgIpc) is 2.68. The number of benzene rings is 2. The van der Waals surface area contributed by atoms with Crippen molar-refractivity contribution in [1.29, 1.82) is 0 Å². The SMILES string of the molecule is CNCc1cccc(C2CCN(C(=O)c3ccc(O)c(C(N)=O)c3)CC2)c1. The van der Waals surface area contributed by atoms with Gasteiger partial charge in [0, 0.05) is 25.2 Å². The van der Waals surface area contributed by atoms with Crippen molar-refractivity contribution >= 4 is 11.8 Å². The molecule has 0 spiro atoms. The first-order chi connectivity index (χ1) is 13.0. The summed E-state index contributed by atoms with van der Waals surface area (Å²) in [6, 6.07) is 12.8. The van der Waals surface area contributed by atoms with E-state index in [4.69, 9.17) is 5.73 Å². The molecule has 6 nitrogen and oxygen atoms in total. The second-order valence-corrected chi connectivity index (χ2v) is 6.94. The first kappa shape index (κ1) is 18.9. The maximum absolute atomic E-state index is 12.8. The van der Waals surface area contributed by atoms with Crippen LogP contribution in [-0.2, 0) is 6.54 Å². The maximum atomic E-state index is 12.8. The van der Waals surface area contributed by atoms with Gasteiger partial charge in [0.2, 0.25) is 0 Å². The third kappa shape index (κ3) is 4.28. The molecule has 1 aliphatic heterocycles. The molecule has 0 aliphatic carbocycles. The van der Waals surface area contributed by atoms with Crippen LogP contribution in [0, 0.1) is 0 Å². The molecule has 3 rings (SSSR count). The standard InChI is InChI=1S/C21H25N3O3/c1-23-13-14-3-2-4-16(11-14)15-7-9-24(10-8-15)21(27)17-5-6-19(25)18(12-17)20(22)26/h2-6,11-12,15,23,25H,7-10,13H2,1H3,(H2,22,26). The number of hydrogen-bond acceptors (Lipinski definition) is 4. The number of rotatable bonds is 5. The zero-order valence-corrected chi connectivity index (χ0v) is 15.4. The van der Waals surface area contributed by atoms with E-state index in [2.05, 4.69) is 29.6 Å². The monoisotopic (exact) mass is 367 g/mol. The Morgan fingerprint density at radius 3 is 2.59 bits per heavy atom. The van der Waals surface area contributed by atoms with Gasteiger partial charge < -0.3 is 21.1 Å². The van der Waals surface area contributed by atoms with Crippen LogP contribution in [0.5, 0.6) is 5.75 Å². The maximum Gasteiger partial charge on any atom is 0.253 e. The number of aromatic hydroxyl groups is 1. The number of hydrogen-bond donors (Lipinski definition) is 3. The minimum absolute atomic E-state index is 0.0305. The van der Waals surface area contributed by atoms with Crippen LogP contribution in [0.4, 0.5) is 0 Å². The lowest BCUT2D eigenvalue weighted by Gasteiger charge is -2.32. The summed E-state index contributed by atoms with van der Waals surface area (Å²) >= 11 is 0. The molecule has 1 saturated heterocycles. The summed E-state index contributed by atoms with van der Waals surface area (Å²) < 4.78 is 0. The fraction of sp³-hybridized carbons (Fsp3) is 0.333. The van der Waals surface area contributed by atoms with E-state index in [0.717, 1.165) is 19.4 Å². The molecule has 0 saturated carbocycles. The molecule has 1 aliphatic rings. The predicted octanol–water partition coefficient (Wildman–Crippen LogP) is 2.23. The zero-order chi connectivity index (χ0) is 19.4. The molecule has 27 heavy (non-hydrogen) atoms. The molecular weight excluding hydrogens is 342 g/mol. The number of nitrogens with zero attached hydrogens (tertiary/aromatic N) is 1. The summed E-state index contributed by atoms with van der Waals surface area (Å²) in [6.45, 7) is 2.16. The number of nitrogens with one attached hydrogen (secondary N) is 1. The lowest BCUT2D eigenvalue weighted by Crippen LogP contribution is -2.38. The fourth-order valence-electron chi connectivity index (χ4n) is 3.63. The van der Waals surface area contributed by atoms with Crippen molar-refractivity contribution in [2.24, 2.45) is 5.73 Å². The van der Waals surface area contributed by atoms with Crippen molar-refractivity contribution in [2.45, 2.75) is 25.3 Å². The van der Waals surface area contributed by atoms with Crippen LogP contribution in [0.15, 0.2) is 42.5 Å². The molecule has 6 heteroatoms. The van der Waals surface area contributed by atoms with Crippen LogP contribution >= 0.6 is 0 Å². The number of carbonyl (C=O) groups excluding carboxylic acids is 2. The van der Waals surface area contributed by atoms with Crippen LogP contribution in [0.1, 0.15) is 50.6 Å². The molecule has 0 unspecified atom stereocenters. The van der Waals surface area contributed by atoms with E-state index in [1.807, 2.05) is 7.05 Å². The molecule has 2 aromatic rings. The van der Waals surface area contributed by atoms with Gasteiger partial charge >= 0.3 is 0 Å². The van der Waals surface area contributed by atoms with Gasteiger partial charge in [0.15, 0.2) is 0 Å². The van der Waals surface area contributed by atoms with Gasteiger partial charge in [0.25, 0.3) is 11.8 Å². The number of primary amides is 1. The largest absolute Gasteiger partial charge is 0.507 e. The van der Waals surface area contributed by atoms with E-state index >= 15 is 0 Å². The van der Waals surface area contributed by atoms with Gasteiger partial charge in [-0.05, 0) is 55.1 Å². The Kier molecular flexibility index (Phi) is 5.76. The zero-order valence-electron chi connectivity index (χ0n) is 15.4. The quantitative estimate of drug-likeness (QED) is 0.755. The Bertz CT molecular complexity index is 842. The number of carbonyl (C=O) groups is 2. The highest BCUT2D eigenvalue weighted by atomic mass is 16.3. The van der Waals surface area contributed by atoms with Gasteiger partial charge in [-0.3, -0.25) is 9.59 Å². The highest BCUT2D eigenvalue weighted by Crippen LogP contribution is 2.29. The predicted molar refractivity (Wildman–Crippen MR) is 104 cm³/mol. The van der Waals surface area contributed by atoms with Gasteiger partial charge in [-0.2, -0.15) is 0 Å². The summed E-state index contributed by atoms with van der Waals surface area (Å²) in [5, 5.41) is 12.9. The van der Waals surface area contributed by atoms with Crippen molar-refractivity contribution < 1.29 is 14.7 Å². The smallest absolute Gasteiger partial charge is 0.253 e. The van der Waals surface area contributed by atoms with Crippen molar-refractivity contribution in [3.05, 3.63) is 64.7 Å². The lowest BCUT2D eigenvalue weighted by atomic mass is 9.88. The third-order valence-corrected chi connectivity index (χ3v) is 5.09. The van der Waals surface area contributed by atoms with Gasteiger partial charge in [-0.15, -0.1) is 0 Å². The van der Waals surface area contributed by atoms with Crippen LogP contribution in [0.3, 0.4) is 0 Å². The molecule has 0 bridgehead atoms. The van der Waals surface area contributed by atoms with E-state index < -0.39 is 5.91 Å². The molecule has 2 amide bonds. The summed E-state index contributed by atoms with van der Waals surface area (Å²) in [6.07, 6.45) is 1.80. The fourth-order valence-corrected chi connectivity index (χ4v) is 3.63. The first-order valence-electron chi connectivity index (χ1n) is 9.15. The summed E-state index contributed by atoms with van der Waals surface area (Å²) in [5.74, 6) is -0.659. The number of phenols is 1. The van der Waals surface area contributed by atoms with Crippen molar-refractivity contribution in [3.63, 3.8) is 0 Å². The van der Waals surface area contributed by atoms with Crippen LogP contribution in [0.2, 0.25) is 0 Å². The second-order valence-electron chi connectivity index (χ2n) is 6.94. The normalized spacial score (nSPS) is 14.9. The van der Waals surface area contributed by atoms with Crippen molar-refractivity contribution in [2.75, 3.05) is 20.1 Å². The lowest BCUT2D eigenvalue weighted by molar-refractivity contribution is 0.0713. The Morgan fingerprint density at radius 2 is 1.93 bits per heavy atom. The van der Waals surface area contributed by atoms with E-state index in [1.165, 1.54) is 29.3 Å². The third-order valence-electron chi connectivity index (χ3n) is 5.09. The minimum atomic E-state index is -0.748. The van der Waals surface area contributed by atoms with Crippen LogP contribution in [0.25, 0.3) is 0 Å². The molecule has 2 aromatic carbocycles. The van der Waals surface area contributed by atoms with E-state index in [0.29, 0.717) is 24.6 Å². The summed E-state index contributed by atoms with van der Waals surface area (Å²) in [7, 11) is 1.93. The molecule has 4 N–H and O–H groups in total. The average molecular weight is 367 g/mol.